The fourth-order valence-corrected chi connectivity index (χ4v) is 2.55. The first kappa shape index (κ1) is 20.1. The molecule has 150 valence electrons. The molecule has 1 amide bonds. The summed E-state index contributed by atoms with van der Waals surface area (Å²) in [5, 5.41) is 2.75. The number of anilines is 1. The lowest BCUT2D eigenvalue weighted by molar-refractivity contribution is -0.111. The zero-order chi connectivity index (χ0) is 20.6. The lowest BCUT2D eigenvalue weighted by Gasteiger charge is -2.11. The second-order valence-electron chi connectivity index (χ2n) is 5.79. The summed E-state index contributed by atoms with van der Waals surface area (Å²) in [4.78, 5) is 16.1. The van der Waals surface area contributed by atoms with E-state index in [0.717, 1.165) is 5.56 Å². The van der Waals surface area contributed by atoms with Crippen molar-refractivity contribution in [3.05, 3.63) is 66.7 Å². The van der Waals surface area contributed by atoms with Crippen molar-refractivity contribution < 1.29 is 27.5 Å². The lowest BCUT2D eigenvalue weighted by atomic mass is 10.1. The van der Waals surface area contributed by atoms with E-state index in [-0.39, 0.29) is 24.0 Å². The van der Waals surface area contributed by atoms with Crippen LogP contribution < -0.4 is 14.8 Å². The highest BCUT2D eigenvalue weighted by Gasteiger charge is 2.11. The van der Waals surface area contributed by atoms with Gasteiger partial charge >= 0.3 is 6.61 Å². The Kier molecular flexibility index (Phi) is 6.57. The van der Waals surface area contributed by atoms with Crippen LogP contribution in [0, 0.1) is 0 Å². The molecule has 0 bridgehead atoms. The molecule has 2 aromatic carbocycles. The molecule has 0 saturated heterocycles. The van der Waals surface area contributed by atoms with Gasteiger partial charge in [0.1, 0.15) is 0 Å². The van der Waals surface area contributed by atoms with E-state index < -0.39 is 6.61 Å². The van der Waals surface area contributed by atoms with Crippen molar-refractivity contribution in [3.8, 4) is 22.8 Å². The zero-order valence-electron chi connectivity index (χ0n) is 15.5. The number of hydrogen-bond donors (Lipinski definition) is 1. The summed E-state index contributed by atoms with van der Waals surface area (Å²) in [5.74, 6) is 0.347. The van der Waals surface area contributed by atoms with Crippen LogP contribution in [0.15, 0.2) is 65.5 Å². The number of hydrogen-bond acceptors (Lipinski definition) is 5. The van der Waals surface area contributed by atoms with Crippen molar-refractivity contribution in [3.63, 3.8) is 0 Å². The smallest absolute Gasteiger partial charge is 0.387 e. The first-order valence-electron chi connectivity index (χ1n) is 8.75. The molecule has 0 saturated carbocycles. The summed E-state index contributed by atoms with van der Waals surface area (Å²) in [5.41, 5.74) is 1.96. The molecule has 0 unspecified atom stereocenters. The third-order valence-corrected chi connectivity index (χ3v) is 3.76. The first-order valence-corrected chi connectivity index (χ1v) is 8.75. The number of aromatic nitrogens is 1. The molecule has 3 rings (SSSR count). The van der Waals surface area contributed by atoms with Crippen LogP contribution in [0.3, 0.4) is 0 Å². The number of carbonyl (C=O) groups excluding carboxylic acids is 1. The molecule has 0 aliphatic carbocycles. The van der Waals surface area contributed by atoms with Gasteiger partial charge in [-0.3, -0.25) is 4.79 Å². The summed E-state index contributed by atoms with van der Waals surface area (Å²) in [6.07, 6.45) is 5.79. The van der Waals surface area contributed by atoms with E-state index in [4.69, 9.17) is 9.15 Å². The van der Waals surface area contributed by atoms with Crippen LogP contribution in [-0.2, 0) is 4.79 Å². The predicted octanol–water partition coefficient (Wildman–Crippen LogP) is 4.99. The number of carbonyl (C=O) groups is 1. The summed E-state index contributed by atoms with van der Waals surface area (Å²) in [6, 6.07) is 11.6. The largest absolute Gasteiger partial charge is 0.490 e. The number of amides is 1. The van der Waals surface area contributed by atoms with Crippen LogP contribution in [-0.4, -0.2) is 24.1 Å². The second kappa shape index (κ2) is 9.50. The molecule has 29 heavy (non-hydrogen) atoms. The van der Waals surface area contributed by atoms with Gasteiger partial charge in [0, 0.05) is 17.3 Å². The molecule has 0 radical (unpaired) electrons. The molecule has 3 aromatic rings. The minimum Gasteiger partial charge on any atom is -0.490 e. The normalized spacial score (nSPS) is 11.0. The predicted molar refractivity (Wildman–Crippen MR) is 104 cm³/mol. The van der Waals surface area contributed by atoms with Crippen molar-refractivity contribution in [2.45, 2.75) is 13.5 Å². The van der Waals surface area contributed by atoms with E-state index in [1.54, 1.807) is 43.5 Å². The maximum absolute atomic E-state index is 12.5. The van der Waals surface area contributed by atoms with Crippen LogP contribution in [0.2, 0.25) is 0 Å². The highest BCUT2D eigenvalue weighted by atomic mass is 19.3. The number of oxazole rings is 1. The number of ether oxygens (including phenoxy) is 2. The van der Waals surface area contributed by atoms with Crippen molar-refractivity contribution >= 4 is 17.7 Å². The Morgan fingerprint density at radius 3 is 2.83 bits per heavy atom. The van der Waals surface area contributed by atoms with Crippen molar-refractivity contribution in [2.75, 3.05) is 11.9 Å². The number of nitrogens with one attached hydrogen (secondary N) is 1. The van der Waals surface area contributed by atoms with Crippen LogP contribution in [0.25, 0.3) is 17.4 Å². The van der Waals surface area contributed by atoms with Crippen LogP contribution in [0.4, 0.5) is 14.5 Å². The van der Waals surface area contributed by atoms with Crippen molar-refractivity contribution in [1.82, 2.24) is 4.98 Å². The molecule has 1 aromatic heterocycles. The third-order valence-electron chi connectivity index (χ3n) is 3.76. The Bertz CT molecular complexity index is 988. The van der Waals surface area contributed by atoms with Gasteiger partial charge in [0.2, 0.25) is 5.91 Å². The Labute approximate surface area is 165 Å². The number of halogens is 2. The molecule has 0 atom stereocenters. The van der Waals surface area contributed by atoms with Gasteiger partial charge in [-0.1, -0.05) is 18.2 Å². The molecule has 1 N–H and O–H groups in total. The SMILES string of the molecule is CCOc1cc(/C=C/C(=O)Nc2cccc(-c3cnco3)c2)ccc1OC(F)F. The Morgan fingerprint density at radius 1 is 1.24 bits per heavy atom. The average molecular weight is 400 g/mol. The fourth-order valence-electron chi connectivity index (χ4n) is 2.55. The minimum atomic E-state index is -2.95. The standard InChI is InChI=1S/C21H18F2N2O4/c1-2-27-18-10-14(6-8-17(18)29-21(22)23)7-9-20(26)25-16-5-3-4-15(11-16)19-12-24-13-28-19/h3-13,21H,2H2,1H3,(H,25,26)/b9-7+. The quantitative estimate of drug-likeness (QED) is 0.539. The van der Waals surface area contributed by atoms with E-state index in [9.17, 15) is 13.6 Å². The van der Waals surface area contributed by atoms with E-state index in [1.807, 2.05) is 6.07 Å². The Morgan fingerprint density at radius 2 is 2.10 bits per heavy atom. The second-order valence-corrected chi connectivity index (χ2v) is 5.79. The van der Waals surface area contributed by atoms with Gasteiger partial charge in [-0.25, -0.2) is 4.98 Å². The molecule has 0 aliphatic rings. The molecule has 6 nitrogen and oxygen atoms in total. The number of alkyl halides is 2. The summed E-state index contributed by atoms with van der Waals surface area (Å²) in [7, 11) is 0. The zero-order valence-corrected chi connectivity index (χ0v) is 15.5. The maximum Gasteiger partial charge on any atom is 0.387 e. The highest BCUT2D eigenvalue weighted by Crippen LogP contribution is 2.30. The fraction of sp³-hybridized carbons (Fsp3) is 0.143. The molecular weight excluding hydrogens is 382 g/mol. The Hall–Kier alpha value is -3.68. The van der Waals surface area contributed by atoms with Gasteiger partial charge in [0.15, 0.2) is 23.7 Å². The van der Waals surface area contributed by atoms with Gasteiger partial charge in [0.25, 0.3) is 0 Å². The van der Waals surface area contributed by atoms with Crippen LogP contribution in [0.1, 0.15) is 12.5 Å². The van der Waals surface area contributed by atoms with Gasteiger partial charge in [-0.15, -0.1) is 0 Å². The summed E-state index contributed by atoms with van der Waals surface area (Å²) >= 11 is 0. The molecule has 0 spiro atoms. The van der Waals surface area contributed by atoms with E-state index in [0.29, 0.717) is 17.0 Å². The van der Waals surface area contributed by atoms with Gasteiger partial charge in [-0.2, -0.15) is 8.78 Å². The number of rotatable bonds is 8. The highest BCUT2D eigenvalue weighted by molar-refractivity contribution is 6.02. The third kappa shape index (κ3) is 5.65. The summed E-state index contributed by atoms with van der Waals surface area (Å²) in [6.45, 7) is -0.932. The number of benzene rings is 2. The van der Waals surface area contributed by atoms with E-state index in [1.165, 1.54) is 24.6 Å². The number of nitrogens with zero attached hydrogens (tertiary/aromatic N) is 1. The van der Waals surface area contributed by atoms with Crippen LogP contribution in [0.5, 0.6) is 11.5 Å². The maximum atomic E-state index is 12.5. The molecule has 0 aliphatic heterocycles. The van der Waals surface area contributed by atoms with Gasteiger partial charge in [0.05, 0.1) is 12.8 Å². The van der Waals surface area contributed by atoms with E-state index in [2.05, 4.69) is 15.0 Å². The van der Waals surface area contributed by atoms with Crippen molar-refractivity contribution in [1.29, 1.82) is 0 Å². The van der Waals surface area contributed by atoms with Crippen LogP contribution >= 0.6 is 0 Å². The summed E-state index contributed by atoms with van der Waals surface area (Å²) < 4.78 is 39.9. The van der Waals surface area contributed by atoms with E-state index >= 15 is 0 Å². The molecule has 1 heterocycles. The first-order chi connectivity index (χ1) is 14.0. The molecular formula is C21H18F2N2O4. The van der Waals surface area contributed by atoms with Gasteiger partial charge in [-0.05, 0) is 42.8 Å². The van der Waals surface area contributed by atoms with Gasteiger partial charge < -0.3 is 19.2 Å². The average Bonchev–Trinajstić information content (AvgIpc) is 3.23. The molecule has 0 fully saturated rings. The van der Waals surface area contributed by atoms with Crippen molar-refractivity contribution in [2.24, 2.45) is 0 Å². The molecule has 8 heteroatoms. The minimum absolute atomic E-state index is 0.0623. The monoisotopic (exact) mass is 400 g/mol. The lowest BCUT2D eigenvalue weighted by Crippen LogP contribution is -2.07. The topological polar surface area (TPSA) is 73.6 Å². The Balaban J connectivity index is 1.69.